The molecule has 0 aromatic rings. The lowest BCUT2D eigenvalue weighted by molar-refractivity contribution is -0.134. The van der Waals surface area contributed by atoms with Gasteiger partial charge in [-0.05, 0) is 45.2 Å². The van der Waals surface area contributed by atoms with Gasteiger partial charge in [0.1, 0.15) is 0 Å². The molecule has 0 bridgehead atoms. The molecule has 2 rings (SSSR count). The quantitative estimate of drug-likeness (QED) is 0.751. The van der Waals surface area contributed by atoms with Gasteiger partial charge < -0.3 is 15.5 Å². The van der Waals surface area contributed by atoms with Crippen LogP contribution >= 0.6 is 0 Å². The highest BCUT2D eigenvalue weighted by Gasteiger charge is 2.22. The zero-order chi connectivity index (χ0) is 12.8. The monoisotopic (exact) mass is 253 g/mol. The van der Waals surface area contributed by atoms with Crippen LogP contribution in [0.5, 0.6) is 0 Å². The van der Waals surface area contributed by atoms with E-state index in [4.69, 9.17) is 0 Å². The van der Waals surface area contributed by atoms with E-state index >= 15 is 0 Å². The van der Waals surface area contributed by atoms with Crippen LogP contribution < -0.4 is 10.6 Å². The zero-order valence-corrected chi connectivity index (χ0v) is 10.9. The molecule has 18 heavy (non-hydrogen) atoms. The van der Waals surface area contributed by atoms with Gasteiger partial charge in [-0.3, -0.25) is 9.59 Å². The smallest absolute Gasteiger partial charge is 0.241 e. The Labute approximate surface area is 108 Å². The fourth-order valence-corrected chi connectivity index (χ4v) is 2.65. The molecule has 2 N–H and O–H groups in total. The Morgan fingerprint density at radius 1 is 1.11 bits per heavy atom. The standard InChI is InChI=1S/C13H23N3O2/c17-12(16-8-2-1-3-9-16)10-15-13(18)11-4-6-14-7-5-11/h11,14H,1-10H2,(H,15,18). The second kappa shape index (κ2) is 6.73. The van der Waals surface area contributed by atoms with Gasteiger partial charge in [0.2, 0.25) is 11.8 Å². The van der Waals surface area contributed by atoms with Crippen molar-refractivity contribution in [3.63, 3.8) is 0 Å². The maximum absolute atomic E-state index is 11.9. The lowest BCUT2D eigenvalue weighted by Crippen LogP contribution is -2.45. The van der Waals surface area contributed by atoms with Crippen molar-refractivity contribution < 1.29 is 9.59 Å². The van der Waals surface area contributed by atoms with Gasteiger partial charge in [0.15, 0.2) is 0 Å². The van der Waals surface area contributed by atoms with Crippen LogP contribution in [0.25, 0.3) is 0 Å². The summed E-state index contributed by atoms with van der Waals surface area (Å²) >= 11 is 0. The summed E-state index contributed by atoms with van der Waals surface area (Å²) in [4.78, 5) is 25.6. The normalized spacial score (nSPS) is 21.7. The van der Waals surface area contributed by atoms with Crippen LogP contribution in [-0.4, -0.2) is 49.4 Å². The zero-order valence-electron chi connectivity index (χ0n) is 10.9. The molecule has 5 nitrogen and oxygen atoms in total. The maximum Gasteiger partial charge on any atom is 0.241 e. The Hall–Kier alpha value is -1.10. The molecule has 0 spiro atoms. The fourth-order valence-electron chi connectivity index (χ4n) is 2.65. The van der Waals surface area contributed by atoms with Gasteiger partial charge in [-0.2, -0.15) is 0 Å². The average molecular weight is 253 g/mol. The van der Waals surface area contributed by atoms with Crippen molar-refractivity contribution in [2.45, 2.75) is 32.1 Å². The first kappa shape index (κ1) is 13.3. The first-order valence-electron chi connectivity index (χ1n) is 7.03. The molecule has 0 atom stereocenters. The molecular weight excluding hydrogens is 230 g/mol. The molecule has 0 aliphatic carbocycles. The van der Waals surface area contributed by atoms with Crippen LogP contribution in [0.1, 0.15) is 32.1 Å². The van der Waals surface area contributed by atoms with Gasteiger partial charge in [0.25, 0.3) is 0 Å². The molecule has 0 unspecified atom stereocenters. The highest BCUT2D eigenvalue weighted by atomic mass is 16.2. The van der Waals surface area contributed by atoms with Crippen LogP contribution in [-0.2, 0) is 9.59 Å². The number of nitrogens with zero attached hydrogens (tertiary/aromatic N) is 1. The van der Waals surface area contributed by atoms with Crippen LogP contribution in [0.15, 0.2) is 0 Å². The number of carbonyl (C=O) groups excluding carboxylic acids is 2. The van der Waals surface area contributed by atoms with Gasteiger partial charge in [-0.1, -0.05) is 0 Å². The molecule has 2 heterocycles. The van der Waals surface area contributed by atoms with Crippen molar-refractivity contribution in [1.29, 1.82) is 0 Å². The summed E-state index contributed by atoms with van der Waals surface area (Å²) in [6.07, 6.45) is 5.15. The van der Waals surface area contributed by atoms with Gasteiger partial charge in [0.05, 0.1) is 6.54 Å². The minimum Gasteiger partial charge on any atom is -0.347 e. The predicted molar refractivity (Wildman–Crippen MR) is 69.0 cm³/mol. The largest absolute Gasteiger partial charge is 0.347 e. The Balaban J connectivity index is 1.69. The number of hydrogen-bond donors (Lipinski definition) is 2. The molecule has 2 amide bonds. The van der Waals surface area contributed by atoms with Gasteiger partial charge in [-0.25, -0.2) is 0 Å². The molecule has 2 aliphatic rings. The minimum atomic E-state index is 0.0434. The third kappa shape index (κ3) is 3.70. The lowest BCUT2D eigenvalue weighted by atomic mass is 9.97. The van der Waals surface area contributed by atoms with E-state index in [0.717, 1.165) is 51.9 Å². The van der Waals surface area contributed by atoms with E-state index in [1.54, 1.807) is 0 Å². The number of piperidine rings is 2. The highest BCUT2D eigenvalue weighted by Crippen LogP contribution is 2.11. The SMILES string of the molecule is O=C(NCC(=O)N1CCCCC1)C1CCNCC1. The van der Waals surface area contributed by atoms with E-state index in [2.05, 4.69) is 10.6 Å². The van der Waals surface area contributed by atoms with Gasteiger partial charge >= 0.3 is 0 Å². The van der Waals surface area contributed by atoms with Crippen molar-refractivity contribution in [2.24, 2.45) is 5.92 Å². The Morgan fingerprint density at radius 3 is 2.44 bits per heavy atom. The van der Waals surface area contributed by atoms with Crippen LogP contribution in [0, 0.1) is 5.92 Å². The molecule has 5 heteroatoms. The third-order valence-corrected chi connectivity index (χ3v) is 3.83. The summed E-state index contributed by atoms with van der Waals surface area (Å²) in [6.45, 7) is 3.67. The lowest BCUT2D eigenvalue weighted by Gasteiger charge is -2.27. The number of likely N-dealkylation sites (tertiary alicyclic amines) is 1. The van der Waals surface area contributed by atoms with Crippen LogP contribution in [0.4, 0.5) is 0 Å². The van der Waals surface area contributed by atoms with E-state index in [-0.39, 0.29) is 24.3 Å². The third-order valence-electron chi connectivity index (χ3n) is 3.83. The first-order valence-corrected chi connectivity index (χ1v) is 7.03. The Kier molecular flexibility index (Phi) is 4.99. The van der Waals surface area contributed by atoms with Crippen molar-refractivity contribution in [3.8, 4) is 0 Å². The molecular formula is C13H23N3O2. The van der Waals surface area contributed by atoms with Crippen molar-refractivity contribution in [2.75, 3.05) is 32.7 Å². The average Bonchev–Trinajstić information content (AvgIpc) is 2.46. The molecule has 2 fully saturated rings. The number of nitrogens with one attached hydrogen (secondary N) is 2. The second-order valence-electron chi connectivity index (χ2n) is 5.18. The molecule has 0 aromatic carbocycles. The highest BCUT2D eigenvalue weighted by molar-refractivity contribution is 5.85. The number of rotatable bonds is 3. The second-order valence-corrected chi connectivity index (χ2v) is 5.18. The van der Waals surface area contributed by atoms with Crippen molar-refractivity contribution >= 4 is 11.8 Å². The maximum atomic E-state index is 11.9. The van der Waals surface area contributed by atoms with E-state index in [1.165, 1.54) is 6.42 Å². The summed E-state index contributed by atoms with van der Waals surface area (Å²) in [6, 6.07) is 0. The van der Waals surface area contributed by atoms with Crippen molar-refractivity contribution in [1.82, 2.24) is 15.5 Å². The van der Waals surface area contributed by atoms with E-state index in [1.807, 2.05) is 4.90 Å². The molecule has 102 valence electrons. The van der Waals surface area contributed by atoms with E-state index < -0.39 is 0 Å². The minimum absolute atomic E-state index is 0.0434. The Bertz CT molecular complexity index is 265. The summed E-state index contributed by atoms with van der Waals surface area (Å²) in [7, 11) is 0. The molecule has 0 saturated carbocycles. The van der Waals surface area contributed by atoms with E-state index in [9.17, 15) is 9.59 Å². The summed E-state index contributed by atoms with van der Waals surface area (Å²) in [5, 5.41) is 6.02. The van der Waals surface area contributed by atoms with E-state index in [0.29, 0.717) is 0 Å². The topological polar surface area (TPSA) is 61.4 Å². The number of carbonyl (C=O) groups is 2. The molecule has 0 radical (unpaired) electrons. The fraction of sp³-hybridized carbons (Fsp3) is 0.846. The molecule has 0 aromatic heterocycles. The molecule has 2 saturated heterocycles. The first-order chi connectivity index (χ1) is 8.77. The predicted octanol–water partition coefficient (Wildman–Crippen LogP) is 0.115. The number of amides is 2. The summed E-state index contributed by atoms with van der Waals surface area (Å²) < 4.78 is 0. The van der Waals surface area contributed by atoms with Crippen LogP contribution in [0.2, 0.25) is 0 Å². The van der Waals surface area contributed by atoms with Gasteiger partial charge in [0, 0.05) is 19.0 Å². The Morgan fingerprint density at radius 2 is 1.78 bits per heavy atom. The van der Waals surface area contributed by atoms with Crippen LogP contribution in [0.3, 0.4) is 0 Å². The van der Waals surface area contributed by atoms with Crippen molar-refractivity contribution in [3.05, 3.63) is 0 Å². The van der Waals surface area contributed by atoms with Gasteiger partial charge in [-0.15, -0.1) is 0 Å². The molecule has 2 aliphatic heterocycles. The number of hydrogen-bond acceptors (Lipinski definition) is 3. The summed E-state index contributed by atoms with van der Waals surface area (Å²) in [5.41, 5.74) is 0. The summed E-state index contributed by atoms with van der Waals surface area (Å²) in [5.74, 6) is 0.194.